The normalized spacial score (nSPS) is 26.8. The lowest BCUT2D eigenvalue weighted by Gasteiger charge is -2.38. The summed E-state index contributed by atoms with van der Waals surface area (Å²) in [7, 11) is 0. The molecule has 2 aliphatic rings. The maximum atomic E-state index is 11.9. The van der Waals surface area contributed by atoms with E-state index < -0.39 is 0 Å². The van der Waals surface area contributed by atoms with Crippen molar-refractivity contribution in [3.8, 4) is 0 Å². The van der Waals surface area contributed by atoms with Crippen molar-refractivity contribution >= 4 is 5.91 Å². The van der Waals surface area contributed by atoms with Gasteiger partial charge in [-0.1, -0.05) is 6.92 Å². The van der Waals surface area contributed by atoms with Crippen LogP contribution >= 0.6 is 0 Å². The van der Waals surface area contributed by atoms with Crippen LogP contribution in [-0.2, 0) is 4.79 Å². The first kappa shape index (κ1) is 9.93. The molecule has 2 heterocycles. The summed E-state index contributed by atoms with van der Waals surface area (Å²) in [5.74, 6) is 0.243. The maximum Gasteiger partial charge on any atom is 0.241 e. The molecule has 14 heavy (non-hydrogen) atoms. The van der Waals surface area contributed by atoms with Gasteiger partial charge in [0.1, 0.15) is 5.54 Å². The van der Waals surface area contributed by atoms with Gasteiger partial charge in [-0.2, -0.15) is 0 Å². The van der Waals surface area contributed by atoms with Crippen LogP contribution in [0.3, 0.4) is 0 Å². The highest BCUT2D eigenvalue weighted by Gasteiger charge is 2.48. The van der Waals surface area contributed by atoms with Crippen LogP contribution in [0.2, 0.25) is 0 Å². The lowest BCUT2D eigenvalue weighted by Crippen LogP contribution is -2.55. The zero-order chi connectivity index (χ0) is 10.0. The molecule has 2 fully saturated rings. The first-order valence-corrected chi connectivity index (χ1v) is 5.54. The van der Waals surface area contributed by atoms with Crippen molar-refractivity contribution in [3.05, 3.63) is 0 Å². The molecule has 2 saturated heterocycles. The van der Waals surface area contributed by atoms with Gasteiger partial charge in [0.2, 0.25) is 5.91 Å². The SMILES string of the molecule is CCCN1CNC(=O)C12CCNCC2. The zero-order valence-electron chi connectivity index (χ0n) is 8.81. The first-order valence-electron chi connectivity index (χ1n) is 5.54. The van der Waals surface area contributed by atoms with Crippen molar-refractivity contribution in [3.63, 3.8) is 0 Å². The number of piperidine rings is 1. The van der Waals surface area contributed by atoms with Gasteiger partial charge in [-0.15, -0.1) is 0 Å². The summed E-state index contributed by atoms with van der Waals surface area (Å²) >= 11 is 0. The Morgan fingerprint density at radius 3 is 2.79 bits per heavy atom. The van der Waals surface area contributed by atoms with E-state index in [4.69, 9.17) is 0 Å². The molecule has 2 N–H and O–H groups in total. The minimum atomic E-state index is -0.179. The first-order chi connectivity index (χ1) is 6.79. The molecule has 2 aliphatic heterocycles. The van der Waals surface area contributed by atoms with Gasteiger partial charge in [0.15, 0.2) is 0 Å². The van der Waals surface area contributed by atoms with Gasteiger partial charge < -0.3 is 10.6 Å². The predicted octanol–water partition coefficient (Wildman–Crippen LogP) is -0.0921. The van der Waals surface area contributed by atoms with Crippen molar-refractivity contribution in [2.75, 3.05) is 26.3 Å². The molecule has 0 bridgehead atoms. The zero-order valence-corrected chi connectivity index (χ0v) is 8.81. The van der Waals surface area contributed by atoms with Crippen molar-refractivity contribution in [2.45, 2.75) is 31.7 Å². The van der Waals surface area contributed by atoms with Gasteiger partial charge in [-0.25, -0.2) is 0 Å². The Morgan fingerprint density at radius 1 is 1.43 bits per heavy atom. The summed E-state index contributed by atoms with van der Waals surface area (Å²) in [6.07, 6.45) is 3.03. The molecule has 0 unspecified atom stereocenters. The van der Waals surface area contributed by atoms with Gasteiger partial charge in [0.05, 0.1) is 6.67 Å². The maximum absolute atomic E-state index is 11.9. The molecule has 4 heteroatoms. The molecule has 0 saturated carbocycles. The fourth-order valence-corrected chi connectivity index (χ4v) is 2.57. The Morgan fingerprint density at radius 2 is 2.14 bits per heavy atom. The molecule has 80 valence electrons. The van der Waals surface area contributed by atoms with Crippen LogP contribution in [0.5, 0.6) is 0 Å². The summed E-state index contributed by atoms with van der Waals surface area (Å²) in [4.78, 5) is 14.2. The average Bonchev–Trinajstić information content (AvgIpc) is 2.49. The van der Waals surface area contributed by atoms with E-state index in [1.54, 1.807) is 0 Å². The number of carbonyl (C=O) groups is 1. The van der Waals surface area contributed by atoms with E-state index in [2.05, 4.69) is 22.5 Å². The van der Waals surface area contributed by atoms with Gasteiger partial charge in [-0.3, -0.25) is 9.69 Å². The summed E-state index contributed by atoms with van der Waals surface area (Å²) in [6, 6.07) is 0. The Kier molecular flexibility index (Phi) is 2.74. The summed E-state index contributed by atoms with van der Waals surface area (Å²) in [5.41, 5.74) is -0.179. The van der Waals surface area contributed by atoms with E-state index in [0.29, 0.717) is 0 Å². The van der Waals surface area contributed by atoms with Gasteiger partial charge in [0, 0.05) is 6.54 Å². The number of nitrogens with zero attached hydrogens (tertiary/aromatic N) is 1. The van der Waals surface area contributed by atoms with Crippen LogP contribution in [0, 0.1) is 0 Å². The second kappa shape index (κ2) is 3.87. The molecule has 0 atom stereocenters. The van der Waals surface area contributed by atoms with Crippen LogP contribution in [0.15, 0.2) is 0 Å². The predicted molar refractivity (Wildman–Crippen MR) is 54.8 cm³/mol. The van der Waals surface area contributed by atoms with Gasteiger partial charge >= 0.3 is 0 Å². The van der Waals surface area contributed by atoms with Crippen molar-refractivity contribution in [2.24, 2.45) is 0 Å². The second-order valence-corrected chi connectivity index (χ2v) is 4.21. The minimum absolute atomic E-state index is 0.179. The minimum Gasteiger partial charge on any atom is -0.342 e. The highest BCUT2D eigenvalue weighted by Crippen LogP contribution is 2.29. The van der Waals surface area contributed by atoms with Crippen LogP contribution < -0.4 is 10.6 Å². The van der Waals surface area contributed by atoms with E-state index in [0.717, 1.165) is 45.6 Å². The van der Waals surface area contributed by atoms with Crippen molar-refractivity contribution in [1.29, 1.82) is 0 Å². The lowest BCUT2D eigenvalue weighted by molar-refractivity contribution is -0.128. The van der Waals surface area contributed by atoms with Crippen molar-refractivity contribution < 1.29 is 4.79 Å². The Balaban J connectivity index is 2.13. The molecule has 0 radical (unpaired) electrons. The van der Waals surface area contributed by atoms with E-state index in [1.807, 2.05) is 0 Å². The Labute approximate surface area is 85.0 Å². The van der Waals surface area contributed by atoms with E-state index in [-0.39, 0.29) is 11.4 Å². The van der Waals surface area contributed by atoms with E-state index >= 15 is 0 Å². The summed E-state index contributed by atoms with van der Waals surface area (Å²) < 4.78 is 0. The molecule has 4 nitrogen and oxygen atoms in total. The number of hydrogen-bond donors (Lipinski definition) is 2. The summed E-state index contributed by atoms with van der Waals surface area (Å²) in [6.45, 7) is 5.87. The fourth-order valence-electron chi connectivity index (χ4n) is 2.57. The Hall–Kier alpha value is -0.610. The van der Waals surface area contributed by atoms with E-state index in [9.17, 15) is 4.79 Å². The Bertz CT molecular complexity index is 223. The third kappa shape index (κ3) is 1.42. The monoisotopic (exact) mass is 197 g/mol. The molecule has 0 aliphatic carbocycles. The number of hydrogen-bond acceptors (Lipinski definition) is 3. The molecule has 1 spiro atoms. The molecular weight excluding hydrogens is 178 g/mol. The largest absolute Gasteiger partial charge is 0.342 e. The van der Waals surface area contributed by atoms with Crippen LogP contribution in [-0.4, -0.2) is 42.6 Å². The molecule has 0 aromatic carbocycles. The average molecular weight is 197 g/mol. The third-order valence-corrected chi connectivity index (χ3v) is 3.38. The number of amides is 1. The lowest BCUT2D eigenvalue weighted by atomic mass is 9.87. The standard InChI is InChI=1S/C10H19N3O/c1-2-7-13-8-12-9(14)10(13)3-5-11-6-4-10/h11H,2-8H2,1H3,(H,12,14). The fraction of sp³-hybridized carbons (Fsp3) is 0.900. The third-order valence-electron chi connectivity index (χ3n) is 3.38. The highest BCUT2D eigenvalue weighted by atomic mass is 16.2. The number of carbonyl (C=O) groups excluding carboxylic acids is 1. The second-order valence-electron chi connectivity index (χ2n) is 4.21. The van der Waals surface area contributed by atoms with Gasteiger partial charge in [-0.05, 0) is 32.4 Å². The molecular formula is C10H19N3O. The topological polar surface area (TPSA) is 44.4 Å². The van der Waals surface area contributed by atoms with Crippen LogP contribution in [0.4, 0.5) is 0 Å². The quantitative estimate of drug-likeness (QED) is 0.650. The number of rotatable bonds is 2. The molecule has 0 aromatic rings. The van der Waals surface area contributed by atoms with Crippen LogP contribution in [0.1, 0.15) is 26.2 Å². The van der Waals surface area contributed by atoms with Gasteiger partial charge in [0.25, 0.3) is 0 Å². The molecule has 0 aromatic heterocycles. The van der Waals surface area contributed by atoms with Crippen LogP contribution in [0.25, 0.3) is 0 Å². The van der Waals surface area contributed by atoms with E-state index in [1.165, 1.54) is 0 Å². The highest BCUT2D eigenvalue weighted by molar-refractivity contribution is 5.88. The smallest absolute Gasteiger partial charge is 0.241 e. The molecule has 1 amide bonds. The van der Waals surface area contributed by atoms with Crippen molar-refractivity contribution in [1.82, 2.24) is 15.5 Å². The number of nitrogens with one attached hydrogen (secondary N) is 2. The summed E-state index contributed by atoms with van der Waals surface area (Å²) in [5, 5.41) is 6.29. The molecule has 2 rings (SSSR count).